The van der Waals surface area contributed by atoms with Crippen LogP contribution in [0.5, 0.6) is 11.5 Å². The SMILES string of the molecule is CCN(C)C(=O)N=c1sc(C)cn1-c1ccc2c(c1)OC(F)(F)O2. The zero-order chi connectivity index (χ0) is 17.5. The molecule has 1 aliphatic rings. The van der Waals surface area contributed by atoms with Gasteiger partial charge in [-0.1, -0.05) is 0 Å². The van der Waals surface area contributed by atoms with Gasteiger partial charge in [0, 0.05) is 30.7 Å². The van der Waals surface area contributed by atoms with Crippen LogP contribution in [0.2, 0.25) is 0 Å². The third kappa shape index (κ3) is 3.12. The number of rotatable bonds is 2. The van der Waals surface area contributed by atoms with Crippen LogP contribution in [-0.4, -0.2) is 35.4 Å². The summed E-state index contributed by atoms with van der Waals surface area (Å²) < 4.78 is 36.8. The molecule has 128 valence electrons. The first-order valence-corrected chi connectivity index (χ1v) is 8.00. The van der Waals surface area contributed by atoms with Crippen LogP contribution in [0.25, 0.3) is 5.69 Å². The van der Waals surface area contributed by atoms with Crippen LogP contribution >= 0.6 is 11.3 Å². The van der Waals surface area contributed by atoms with Crippen molar-refractivity contribution >= 4 is 17.4 Å². The van der Waals surface area contributed by atoms with Crippen molar-refractivity contribution in [1.29, 1.82) is 0 Å². The molecule has 0 radical (unpaired) electrons. The van der Waals surface area contributed by atoms with E-state index in [9.17, 15) is 13.6 Å². The van der Waals surface area contributed by atoms with Crippen LogP contribution in [-0.2, 0) is 0 Å². The number of aromatic nitrogens is 1. The van der Waals surface area contributed by atoms with Crippen molar-refractivity contribution in [3.8, 4) is 17.2 Å². The number of alkyl halides is 2. The molecule has 0 aliphatic carbocycles. The second-order valence-electron chi connectivity index (χ2n) is 5.20. The number of fused-ring (bicyclic) bond motifs is 1. The summed E-state index contributed by atoms with van der Waals surface area (Å²) in [5.41, 5.74) is 0.546. The molecule has 6 nitrogen and oxygen atoms in total. The zero-order valence-electron chi connectivity index (χ0n) is 13.2. The zero-order valence-corrected chi connectivity index (χ0v) is 14.1. The van der Waals surface area contributed by atoms with E-state index in [1.807, 2.05) is 13.8 Å². The van der Waals surface area contributed by atoms with Gasteiger partial charge in [0.1, 0.15) is 0 Å². The molecule has 3 rings (SSSR count). The monoisotopic (exact) mass is 355 g/mol. The standard InChI is InChI=1S/C15H15F2N3O3S/c1-4-19(3)13(21)18-14-20(8-9(2)24-14)10-5-6-11-12(7-10)23-15(16,17)22-11/h5-8H,4H2,1-3H3. The van der Waals surface area contributed by atoms with E-state index < -0.39 is 6.29 Å². The molecule has 0 spiro atoms. The van der Waals surface area contributed by atoms with Gasteiger partial charge < -0.3 is 14.4 Å². The smallest absolute Gasteiger partial charge is 0.395 e. The van der Waals surface area contributed by atoms with Crippen LogP contribution in [0.15, 0.2) is 29.4 Å². The van der Waals surface area contributed by atoms with Crippen molar-refractivity contribution in [2.24, 2.45) is 4.99 Å². The van der Waals surface area contributed by atoms with Gasteiger partial charge >= 0.3 is 12.3 Å². The highest BCUT2D eigenvalue weighted by atomic mass is 32.1. The van der Waals surface area contributed by atoms with Crippen molar-refractivity contribution < 1.29 is 23.0 Å². The van der Waals surface area contributed by atoms with Gasteiger partial charge in [-0.25, -0.2) is 4.79 Å². The highest BCUT2D eigenvalue weighted by Gasteiger charge is 2.43. The lowest BCUT2D eigenvalue weighted by molar-refractivity contribution is -0.286. The van der Waals surface area contributed by atoms with Crippen LogP contribution < -0.4 is 14.3 Å². The van der Waals surface area contributed by atoms with Gasteiger partial charge in [-0.15, -0.1) is 20.1 Å². The number of benzene rings is 1. The van der Waals surface area contributed by atoms with E-state index in [1.54, 1.807) is 23.9 Å². The van der Waals surface area contributed by atoms with Crippen molar-refractivity contribution in [3.05, 3.63) is 34.1 Å². The van der Waals surface area contributed by atoms with Crippen molar-refractivity contribution in [1.82, 2.24) is 9.47 Å². The Morgan fingerprint density at radius 1 is 1.38 bits per heavy atom. The molecular formula is C15H15F2N3O3S. The maximum absolute atomic E-state index is 13.1. The number of carbonyl (C=O) groups excluding carboxylic acids is 1. The number of carbonyl (C=O) groups is 1. The summed E-state index contributed by atoms with van der Waals surface area (Å²) in [6.07, 6.45) is -1.89. The largest absolute Gasteiger partial charge is 0.586 e. The first kappa shape index (κ1) is 16.4. The number of urea groups is 1. The van der Waals surface area contributed by atoms with Gasteiger partial charge in [-0.3, -0.25) is 4.57 Å². The third-order valence-corrected chi connectivity index (χ3v) is 4.32. The molecule has 0 atom stereocenters. The summed E-state index contributed by atoms with van der Waals surface area (Å²) in [5, 5.41) is 0. The Hall–Kier alpha value is -2.42. The first-order chi connectivity index (χ1) is 11.3. The number of halogens is 2. The Balaban J connectivity index is 2.03. The van der Waals surface area contributed by atoms with Gasteiger partial charge in [0.05, 0.1) is 5.69 Å². The average molecular weight is 355 g/mol. The molecule has 0 bridgehead atoms. The van der Waals surface area contributed by atoms with E-state index in [0.29, 0.717) is 17.0 Å². The van der Waals surface area contributed by atoms with Gasteiger partial charge in [0.2, 0.25) is 0 Å². The Morgan fingerprint density at radius 3 is 2.79 bits per heavy atom. The minimum absolute atomic E-state index is 0.0309. The molecule has 0 unspecified atom stereocenters. The Labute approximate surface area is 140 Å². The van der Waals surface area contributed by atoms with Crippen molar-refractivity contribution in [3.63, 3.8) is 0 Å². The maximum atomic E-state index is 13.1. The predicted molar refractivity (Wildman–Crippen MR) is 83.8 cm³/mol. The minimum atomic E-state index is -3.66. The highest BCUT2D eigenvalue weighted by molar-refractivity contribution is 7.09. The lowest BCUT2D eigenvalue weighted by Gasteiger charge is -2.10. The minimum Gasteiger partial charge on any atom is -0.395 e. The summed E-state index contributed by atoms with van der Waals surface area (Å²) in [7, 11) is 1.65. The molecule has 1 aromatic carbocycles. The summed E-state index contributed by atoms with van der Waals surface area (Å²) >= 11 is 1.33. The Bertz CT molecular complexity index is 860. The molecule has 0 saturated heterocycles. The molecule has 2 amide bonds. The van der Waals surface area contributed by atoms with E-state index in [0.717, 1.165) is 4.88 Å². The summed E-state index contributed by atoms with van der Waals surface area (Å²) in [5.74, 6) is -0.0895. The van der Waals surface area contributed by atoms with Gasteiger partial charge in [-0.2, -0.15) is 4.99 Å². The van der Waals surface area contributed by atoms with Crippen LogP contribution in [0.3, 0.4) is 0 Å². The second kappa shape index (κ2) is 5.90. The molecule has 0 fully saturated rings. The number of ether oxygens (including phenoxy) is 2. The molecule has 2 heterocycles. The average Bonchev–Trinajstić information content (AvgIpc) is 3.03. The predicted octanol–water partition coefficient (Wildman–Crippen LogP) is 3.14. The summed E-state index contributed by atoms with van der Waals surface area (Å²) in [6, 6.07) is 4.05. The normalized spacial score (nSPS) is 15.6. The topological polar surface area (TPSA) is 56.1 Å². The summed E-state index contributed by atoms with van der Waals surface area (Å²) in [6.45, 7) is 4.25. The fourth-order valence-electron chi connectivity index (χ4n) is 2.11. The number of amides is 2. The van der Waals surface area contributed by atoms with Crippen molar-refractivity contribution in [2.75, 3.05) is 13.6 Å². The number of hydrogen-bond donors (Lipinski definition) is 0. The van der Waals surface area contributed by atoms with Gasteiger partial charge in [0.25, 0.3) is 0 Å². The van der Waals surface area contributed by atoms with E-state index in [2.05, 4.69) is 14.5 Å². The molecule has 9 heteroatoms. The number of hydrogen-bond acceptors (Lipinski definition) is 4. The lowest BCUT2D eigenvalue weighted by Crippen LogP contribution is -2.26. The highest BCUT2D eigenvalue weighted by Crippen LogP contribution is 2.41. The quantitative estimate of drug-likeness (QED) is 0.832. The third-order valence-electron chi connectivity index (χ3n) is 3.42. The summed E-state index contributed by atoms with van der Waals surface area (Å²) in [4.78, 5) is 19.0. The van der Waals surface area contributed by atoms with Crippen LogP contribution in [0.1, 0.15) is 11.8 Å². The molecule has 1 aromatic heterocycles. The molecule has 0 N–H and O–H groups in total. The molecule has 2 aromatic rings. The maximum Gasteiger partial charge on any atom is 0.586 e. The van der Waals surface area contributed by atoms with Crippen molar-refractivity contribution in [2.45, 2.75) is 20.1 Å². The molecule has 1 aliphatic heterocycles. The van der Waals surface area contributed by atoms with Crippen LogP contribution in [0, 0.1) is 6.92 Å². The second-order valence-corrected chi connectivity index (χ2v) is 6.41. The van der Waals surface area contributed by atoms with E-state index in [1.165, 1.54) is 28.4 Å². The van der Waals surface area contributed by atoms with E-state index in [-0.39, 0.29) is 17.5 Å². The Morgan fingerprint density at radius 2 is 2.08 bits per heavy atom. The molecule has 0 saturated carbocycles. The number of aryl methyl sites for hydroxylation is 1. The number of nitrogens with zero attached hydrogens (tertiary/aromatic N) is 3. The molecule has 24 heavy (non-hydrogen) atoms. The lowest BCUT2D eigenvalue weighted by atomic mass is 10.3. The van der Waals surface area contributed by atoms with E-state index in [4.69, 9.17) is 0 Å². The van der Waals surface area contributed by atoms with E-state index >= 15 is 0 Å². The fraction of sp³-hybridized carbons (Fsp3) is 0.333. The first-order valence-electron chi connectivity index (χ1n) is 7.18. The van der Waals surface area contributed by atoms with Gasteiger partial charge in [-0.05, 0) is 26.0 Å². The number of thiazole rings is 1. The Kier molecular flexibility index (Phi) is 4.04. The molecular weight excluding hydrogens is 340 g/mol. The van der Waals surface area contributed by atoms with Crippen LogP contribution in [0.4, 0.5) is 13.6 Å². The van der Waals surface area contributed by atoms with Gasteiger partial charge in [0.15, 0.2) is 16.3 Å². The fourth-order valence-corrected chi connectivity index (χ4v) is 2.93.